The average Bonchev–Trinajstić information content (AvgIpc) is 3.13. The van der Waals surface area contributed by atoms with Gasteiger partial charge in [0.25, 0.3) is 0 Å². The Morgan fingerprint density at radius 2 is 1.55 bits per heavy atom. The molecule has 3 aromatic rings. The Morgan fingerprint density at radius 3 is 2.09 bits per heavy atom. The number of amides is 1. The lowest BCUT2D eigenvalue weighted by molar-refractivity contribution is -0.143. The number of fused-ring (bicyclic) bond motifs is 1. The van der Waals surface area contributed by atoms with Crippen LogP contribution in [0.4, 0.5) is 26.3 Å². The summed E-state index contributed by atoms with van der Waals surface area (Å²) in [5, 5.41) is 4.50. The number of carbonyl (C=O) groups is 2. The summed E-state index contributed by atoms with van der Waals surface area (Å²) >= 11 is 1.24. The predicted octanol–water partition coefficient (Wildman–Crippen LogP) is 6.46. The number of thiophene rings is 1. The van der Waals surface area contributed by atoms with Gasteiger partial charge in [0.2, 0.25) is 5.91 Å². The van der Waals surface area contributed by atoms with Gasteiger partial charge in [0.1, 0.15) is 0 Å². The largest absolute Gasteiger partial charge is 0.416 e. The maximum Gasteiger partial charge on any atom is 0.416 e. The van der Waals surface area contributed by atoms with Gasteiger partial charge in [-0.1, -0.05) is 18.2 Å². The highest BCUT2D eigenvalue weighted by molar-refractivity contribution is 7.17. The maximum absolute atomic E-state index is 13.4. The van der Waals surface area contributed by atoms with Gasteiger partial charge in [0.05, 0.1) is 17.2 Å². The van der Waals surface area contributed by atoms with Gasteiger partial charge >= 0.3 is 12.4 Å². The molecule has 174 valence electrons. The molecule has 0 aliphatic heterocycles. The normalized spacial score (nSPS) is 13.8. The molecule has 0 saturated carbocycles. The second kappa shape index (κ2) is 9.01. The topological polar surface area (TPSA) is 46.2 Å². The van der Waals surface area contributed by atoms with Crippen LogP contribution in [0.1, 0.15) is 36.1 Å². The number of benzene rings is 2. The van der Waals surface area contributed by atoms with Gasteiger partial charge in [-0.25, -0.2) is 0 Å². The van der Waals surface area contributed by atoms with E-state index in [0.717, 1.165) is 10.8 Å². The van der Waals surface area contributed by atoms with Crippen LogP contribution < -0.4 is 5.32 Å². The van der Waals surface area contributed by atoms with E-state index in [1.807, 2.05) is 0 Å². The molecule has 0 fully saturated rings. The first-order chi connectivity index (χ1) is 15.3. The summed E-state index contributed by atoms with van der Waals surface area (Å²) in [7, 11) is 0. The van der Waals surface area contributed by atoms with Crippen LogP contribution >= 0.6 is 11.3 Å². The van der Waals surface area contributed by atoms with Crippen molar-refractivity contribution in [3.63, 3.8) is 0 Å². The Morgan fingerprint density at radius 1 is 0.970 bits per heavy atom. The van der Waals surface area contributed by atoms with Crippen molar-refractivity contribution in [1.29, 1.82) is 0 Å². The summed E-state index contributed by atoms with van der Waals surface area (Å²) in [5.41, 5.74) is -3.18. The molecule has 1 heterocycles. The van der Waals surface area contributed by atoms with Crippen LogP contribution in [0, 0.1) is 0 Å². The first-order valence-electron chi connectivity index (χ1n) is 9.56. The number of halogens is 6. The first kappa shape index (κ1) is 24.5. The third kappa shape index (κ3) is 5.62. The van der Waals surface area contributed by atoms with Crippen LogP contribution in [0.5, 0.6) is 0 Å². The van der Waals surface area contributed by atoms with Crippen molar-refractivity contribution < 1.29 is 35.9 Å². The number of hydrogen-bond donors (Lipinski definition) is 1. The minimum atomic E-state index is -5.04. The van der Waals surface area contributed by atoms with E-state index in [1.165, 1.54) is 25.2 Å². The van der Waals surface area contributed by atoms with E-state index in [0.29, 0.717) is 23.1 Å². The van der Waals surface area contributed by atoms with E-state index < -0.39 is 46.8 Å². The maximum atomic E-state index is 13.4. The van der Waals surface area contributed by atoms with Crippen molar-refractivity contribution in [1.82, 2.24) is 5.32 Å². The van der Waals surface area contributed by atoms with E-state index in [9.17, 15) is 35.9 Å². The summed E-state index contributed by atoms with van der Waals surface area (Å²) in [6.07, 6.45) is -9.10. The lowest BCUT2D eigenvalue weighted by Gasteiger charge is -2.17. The number of hydrogen-bond acceptors (Lipinski definition) is 3. The minimum Gasteiger partial charge on any atom is -0.346 e. The molecule has 33 heavy (non-hydrogen) atoms. The fourth-order valence-corrected chi connectivity index (χ4v) is 4.22. The highest BCUT2D eigenvalue weighted by Crippen LogP contribution is 2.40. The zero-order chi connectivity index (χ0) is 24.6. The Bertz CT molecular complexity index is 1210. The van der Waals surface area contributed by atoms with Gasteiger partial charge in [-0.3, -0.25) is 9.59 Å². The molecule has 0 spiro atoms. The molecule has 0 radical (unpaired) electrons. The molecule has 0 saturated heterocycles. The zero-order valence-corrected chi connectivity index (χ0v) is 18.1. The van der Waals surface area contributed by atoms with E-state index in [-0.39, 0.29) is 11.6 Å². The standard InChI is InChI=1S/C23H17F6NO2S/c1-12(30-13(2)31)20(32)10-18(19-11-33-21-6-4-3-5-17(19)21)14-7-15(22(24,25)26)9-16(8-14)23(27,28)29/h3-12H,1-2H3,(H,30,31). The van der Waals surface area contributed by atoms with Gasteiger partial charge in [-0.2, -0.15) is 26.3 Å². The SMILES string of the molecule is CC(=O)NC(C)C(=O)C=C(c1cc(C(F)(F)F)cc(C(F)(F)F)c1)c1csc2ccccc12. The summed E-state index contributed by atoms with van der Waals surface area (Å²) in [6.45, 7) is 2.56. The molecule has 10 heteroatoms. The molecule has 1 unspecified atom stereocenters. The summed E-state index contributed by atoms with van der Waals surface area (Å²) in [4.78, 5) is 24.0. The Hall–Kier alpha value is -3.14. The molecule has 1 aromatic heterocycles. The van der Waals surface area contributed by atoms with E-state index in [1.54, 1.807) is 29.6 Å². The van der Waals surface area contributed by atoms with Gasteiger partial charge in [-0.05, 0) is 53.8 Å². The van der Waals surface area contributed by atoms with Crippen molar-refractivity contribution in [3.05, 3.63) is 76.2 Å². The molecule has 3 rings (SSSR count). The molecule has 1 amide bonds. The smallest absolute Gasteiger partial charge is 0.346 e. The summed E-state index contributed by atoms with van der Waals surface area (Å²) < 4.78 is 81.3. The third-order valence-corrected chi connectivity index (χ3v) is 5.77. The Labute approximate surface area is 188 Å². The fraction of sp³-hybridized carbons (Fsp3) is 0.217. The van der Waals surface area contributed by atoms with Gasteiger partial charge in [0, 0.05) is 22.6 Å². The molecule has 0 bridgehead atoms. The Kier molecular flexibility index (Phi) is 6.69. The van der Waals surface area contributed by atoms with Gasteiger partial charge in [-0.15, -0.1) is 11.3 Å². The highest BCUT2D eigenvalue weighted by Gasteiger charge is 2.37. The molecular weight excluding hydrogens is 468 g/mol. The molecule has 1 N–H and O–H groups in total. The van der Waals surface area contributed by atoms with Crippen molar-refractivity contribution in [2.24, 2.45) is 0 Å². The van der Waals surface area contributed by atoms with Crippen molar-refractivity contribution in [2.45, 2.75) is 32.2 Å². The van der Waals surface area contributed by atoms with Crippen LogP contribution in [-0.4, -0.2) is 17.7 Å². The number of alkyl halides is 6. The molecule has 3 nitrogen and oxygen atoms in total. The third-order valence-electron chi connectivity index (χ3n) is 4.80. The monoisotopic (exact) mass is 485 g/mol. The van der Waals surface area contributed by atoms with Crippen LogP contribution in [0.3, 0.4) is 0 Å². The zero-order valence-electron chi connectivity index (χ0n) is 17.3. The molecular formula is C23H17F6NO2S. The van der Waals surface area contributed by atoms with E-state index in [2.05, 4.69) is 5.32 Å². The first-order valence-corrected chi connectivity index (χ1v) is 10.4. The lowest BCUT2D eigenvalue weighted by Crippen LogP contribution is -2.36. The predicted molar refractivity (Wildman–Crippen MR) is 114 cm³/mol. The molecule has 1 atom stereocenters. The van der Waals surface area contributed by atoms with Gasteiger partial charge in [0.15, 0.2) is 5.78 Å². The molecule has 0 aliphatic carbocycles. The second-order valence-electron chi connectivity index (χ2n) is 7.32. The minimum absolute atomic E-state index is 0.0363. The number of nitrogens with one attached hydrogen (secondary N) is 1. The van der Waals surface area contributed by atoms with Crippen molar-refractivity contribution >= 4 is 38.7 Å². The number of carbonyl (C=O) groups excluding carboxylic acids is 2. The summed E-state index contributed by atoms with van der Waals surface area (Å²) in [5.74, 6) is -1.19. The second-order valence-corrected chi connectivity index (χ2v) is 8.23. The van der Waals surface area contributed by atoms with Crippen LogP contribution in [0.2, 0.25) is 0 Å². The van der Waals surface area contributed by atoms with Crippen LogP contribution in [0.15, 0.2) is 53.9 Å². The fourth-order valence-electron chi connectivity index (χ4n) is 3.26. The van der Waals surface area contributed by atoms with Crippen molar-refractivity contribution in [2.75, 3.05) is 0 Å². The van der Waals surface area contributed by atoms with E-state index in [4.69, 9.17) is 0 Å². The Balaban J connectivity index is 2.29. The molecule has 2 aromatic carbocycles. The van der Waals surface area contributed by atoms with Crippen molar-refractivity contribution in [3.8, 4) is 0 Å². The lowest BCUT2D eigenvalue weighted by atomic mass is 9.92. The van der Waals surface area contributed by atoms with Crippen LogP contribution in [0.25, 0.3) is 15.7 Å². The summed E-state index contributed by atoms with van der Waals surface area (Å²) in [6, 6.07) is 7.00. The highest BCUT2D eigenvalue weighted by atomic mass is 32.1. The number of ketones is 1. The number of rotatable bonds is 5. The van der Waals surface area contributed by atoms with Crippen LogP contribution in [-0.2, 0) is 21.9 Å². The quantitative estimate of drug-likeness (QED) is 0.333. The van der Waals surface area contributed by atoms with Gasteiger partial charge < -0.3 is 5.32 Å². The average molecular weight is 485 g/mol. The molecule has 0 aliphatic rings. The van der Waals surface area contributed by atoms with E-state index >= 15 is 0 Å².